The van der Waals surface area contributed by atoms with E-state index in [9.17, 15) is 4.79 Å². The average Bonchev–Trinajstić information content (AvgIpc) is 3.13. The highest BCUT2D eigenvalue weighted by Crippen LogP contribution is 2.32. The van der Waals surface area contributed by atoms with Crippen LogP contribution in [0.3, 0.4) is 0 Å². The van der Waals surface area contributed by atoms with Crippen molar-refractivity contribution in [1.29, 1.82) is 0 Å². The maximum atomic E-state index is 12.5. The van der Waals surface area contributed by atoms with Crippen LogP contribution in [-0.2, 0) is 17.8 Å². The zero-order valence-corrected chi connectivity index (χ0v) is 18.7. The summed E-state index contributed by atoms with van der Waals surface area (Å²) in [5.74, 6) is 0.600. The molecule has 3 aromatic carbocycles. The molecule has 2 N–H and O–H groups in total. The third-order valence-corrected chi connectivity index (χ3v) is 6.33. The zero-order chi connectivity index (χ0) is 21.6. The topological polar surface area (TPSA) is 50.4 Å². The number of para-hydroxylation sites is 1. The Bertz CT molecular complexity index is 1100. The summed E-state index contributed by atoms with van der Waals surface area (Å²) in [6.45, 7) is 2.49. The van der Waals surface area contributed by atoms with Gasteiger partial charge in [-0.2, -0.15) is 0 Å². The molecule has 0 aromatic heterocycles. The molecule has 31 heavy (non-hydrogen) atoms. The van der Waals surface area contributed by atoms with Gasteiger partial charge < -0.3 is 15.4 Å². The minimum absolute atomic E-state index is 0.103. The molecule has 0 unspecified atom stereocenters. The third-order valence-electron chi connectivity index (χ3n) is 4.94. The lowest BCUT2D eigenvalue weighted by Gasteiger charge is -2.13. The van der Waals surface area contributed by atoms with Crippen LogP contribution in [0.15, 0.2) is 77.7 Å². The van der Waals surface area contributed by atoms with Gasteiger partial charge in [0.25, 0.3) is 5.91 Å². The van der Waals surface area contributed by atoms with Gasteiger partial charge in [0.15, 0.2) is 5.50 Å². The van der Waals surface area contributed by atoms with Crippen LogP contribution in [0, 0.1) is 0 Å². The van der Waals surface area contributed by atoms with Crippen molar-refractivity contribution in [2.45, 2.75) is 25.4 Å². The molecular weight excluding hydrogens is 428 g/mol. The molecule has 1 aliphatic rings. The lowest BCUT2D eigenvalue weighted by Crippen LogP contribution is -2.30. The number of aryl methyl sites for hydroxylation is 1. The smallest absolute Gasteiger partial charge is 0.260 e. The fourth-order valence-corrected chi connectivity index (χ4v) is 4.36. The quantitative estimate of drug-likeness (QED) is 0.428. The van der Waals surface area contributed by atoms with Gasteiger partial charge in [-0.3, -0.25) is 4.79 Å². The van der Waals surface area contributed by atoms with Crippen LogP contribution < -0.4 is 15.4 Å². The maximum Gasteiger partial charge on any atom is 0.260 e. The van der Waals surface area contributed by atoms with Gasteiger partial charge in [0, 0.05) is 21.8 Å². The first-order valence-corrected chi connectivity index (χ1v) is 11.4. The summed E-state index contributed by atoms with van der Waals surface area (Å²) in [6.07, 6.45) is 2.86. The van der Waals surface area contributed by atoms with Gasteiger partial charge in [-0.25, -0.2) is 0 Å². The number of amides is 1. The van der Waals surface area contributed by atoms with Crippen LogP contribution in [0.25, 0.3) is 6.08 Å². The first-order chi connectivity index (χ1) is 15.1. The number of anilines is 1. The number of halogens is 1. The molecule has 1 atom stereocenters. The lowest BCUT2D eigenvalue weighted by molar-refractivity contribution is -0.116. The number of nitrogens with one attached hydrogen (secondary N) is 2. The van der Waals surface area contributed by atoms with E-state index in [1.807, 2.05) is 66.7 Å². The fourth-order valence-electron chi connectivity index (χ4n) is 3.20. The monoisotopic (exact) mass is 450 g/mol. The van der Waals surface area contributed by atoms with E-state index in [1.165, 1.54) is 17.3 Å². The van der Waals surface area contributed by atoms with Crippen LogP contribution in [0.5, 0.6) is 5.75 Å². The van der Waals surface area contributed by atoms with Crippen molar-refractivity contribution in [3.05, 3.63) is 99.4 Å². The van der Waals surface area contributed by atoms with E-state index in [0.29, 0.717) is 22.3 Å². The molecule has 158 valence electrons. The Morgan fingerprint density at radius 2 is 1.81 bits per heavy atom. The van der Waals surface area contributed by atoms with E-state index in [0.717, 1.165) is 23.2 Å². The summed E-state index contributed by atoms with van der Waals surface area (Å²) in [6, 6.07) is 23.5. The lowest BCUT2D eigenvalue weighted by atomic mass is 10.1. The van der Waals surface area contributed by atoms with Crippen LogP contribution >= 0.6 is 23.4 Å². The highest BCUT2D eigenvalue weighted by Gasteiger charge is 2.27. The van der Waals surface area contributed by atoms with Gasteiger partial charge in [0.05, 0.1) is 4.91 Å². The fraction of sp³-hybridized carbons (Fsp3) is 0.160. The second-order valence-corrected chi connectivity index (χ2v) is 8.65. The SMILES string of the molecule is CCc1ccc(N[C@H]2NC(=O)/C(=C/c3ccccc3OCc3ccccc3Cl)S2)cc1. The summed E-state index contributed by atoms with van der Waals surface area (Å²) in [5.41, 5.74) is 3.79. The predicted octanol–water partition coefficient (Wildman–Crippen LogP) is 6.08. The molecule has 3 aromatic rings. The number of ether oxygens (including phenoxy) is 1. The number of hydrogen-bond donors (Lipinski definition) is 2. The second kappa shape index (κ2) is 9.94. The minimum Gasteiger partial charge on any atom is -0.488 e. The van der Waals surface area contributed by atoms with Crippen LogP contribution in [0.2, 0.25) is 5.02 Å². The first-order valence-electron chi connectivity index (χ1n) is 10.1. The molecule has 0 aliphatic carbocycles. The number of carbonyl (C=O) groups is 1. The van der Waals surface area contributed by atoms with E-state index < -0.39 is 0 Å². The van der Waals surface area contributed by atoms with E-state index in [1.54, 1.807) is 0 Å². The van der Waals surface area contributed by atoms with Crippen molar-refractivity contribution in [1.82, 2.24) is 5.32 Å². The molecule has 6 heteroatoms. The molecular formula is C25H23ClN2O2S. The molecule has 1 heterocycles. The van der Waals surface area contributed by atoms with Crippen molar-refractivity contribution in [3.8, 4) is 5.75 Å². The molecule has 0 radical (unpaired) electrons. The van der Waals surface area contributed by atoms with Gasteiger partial charge in [0.1, 0.15) is 12.4 Å². The Labute approximate surface area is 191 Å². The molecule has 1 saturated heterocycles. The molecule has 4 rings (SSSR count). The van der Waals surface area contributed by atoms with Gasteiger partial charge in [0.2, 0.25) is 0 Å². The van der Waals surface area contributed by atoms with Crippen LogP contribution in [-0.4, -0.2) is 11.4 Å². The van der Waals surface area contributed by atoms with E-state index in [-0.39, 0.29) is 11.4 Å². The second-order valence-electron chi connectivity index (χ2n) is 7.09. The van der Waals surface area contributed by atoms with Gasteiger partial charge in [-0.15, -0.1) is 0 Å². The Morgan fingerprint density at radius 3 is 2.58 bits per heavy atom. The summed E-state index contributed by atoms with van der Waals surface area (Å²) < 4.78 is 6.01. The largest absolute Gasteiger partial charge is 0.488 e. The summed E-state index contributed by atoms with van der Waals surface area (Å²) in [5, 5.41) is 6.99. The number of benzene rings is 3. The maximum absolute atomic E-state index is 12.5. The number of rotatable bonds is 7. The minimum atomic E-state index is -0.220. The van der Waals surface area contributed by atoms with Crippen molar-refractivity contribution in [2.24, 2.45) is 0 Å². The van der Waals surface area contributed by atoms with Crippen molar-refractivity contribution < 1.29 is 9.53 Å². The summed E-state index contributed by atoms with van der Waals surface area (Å²) in [7, 11) is 0. The molecule has 1 fully saturated rings. The Balaban J connectivity index is 1.45. The molecule has 1 aliphatic heterocycles. The molecule has 1 amide bonds. The molecule has 0 saturated carbocycles. The van der Waals surface area contributed by atoms with Crippen molar-refractivity contribution in [2.75, 3.05) is 5.32 Å². The van der Waals surface area contributed by atoms with Gasteiger partial charge in [-0.1, -0.05) is 78.8 Å². The molecule has 0 bridgehead atoms. The van der Waals surface area contributed by atoms with E-state index in [4.69, 9.17) is 16.3 Å². The molecule has 0 spiro atoms. The van der Waals surface area contributed by atoms with Crippen LogP contribution in [0.1, 0.15) is 23.6 Å². The highest BCUT2D eigenvalue weighted by atomic mass is 35.5. The third kappa shape index (κ3) is 5.43. The predicted molar refractivity (Wildman–Crippen MR) is 129 cm³/mol. The number of carbonyl (C=O) groups excluding carboxylic acids is 1. The number of hydrogen-bond acceptors (Lipinski definition) is 4. The Kier molecular flexibility index (Phi) is 6.85. The van der Waals surface area contributed by atoms with E-state index in [2.05, 4.69) is 29.7 Å². The zero-order valence-electron chi connectivity index (χ0n) is 17.1. The molecule has 4 nitrogen and oxygen atoms in total. The standard InChI is InChI=1S/C25H23ClN2O2S/c1-2-17-11-13-20(14-12-17)27-25-28-24(29)23(31-25)15-18-7-4-6-10-22(18)30-16-19-8-3-5-9-21(19)26/h3-15,25,27H,2,16H2,1H3,(H,28,29)/b23-15-/t25-/m0/s1. The normalized spacial score (nSPS) is 16.9. The first kappa shape index (κ1) is 21.3. The van der Waals surface area contributed by atoms with Crippen molar-refractivity contribution in [3.63, 3.8) is 0 Å². The van der Waals surface area contributed by atoms with Gasteiger partial charge >= 0.3 is 0 Å². The number of thioether (sulfide) groups is 1. The highest BCUT2D eigenvalue weighted by molar-refractivity contribution is 8.05. The van der Waals surface area contributed by atoms with E-state index >= 15 is 0 Å². The summed E-state index contributed by atoms with van der Waals surface area (Å²) in [4.78, 5) is 13.2. The average molecular weight is 451 g/mol. The van der Waals surface area contributed by atoms with Crippen molar-refractivity contribution >= 4 is 41.0 Å². The van der Waals surface area contributed by atoms with Crippen LogP contribution in [0.4, 0.5) is 5.69 Å². The summed E-state index contributed by atoms with van der Waals surface area (Å²) >= 11 is 7.69. The van der Waals surface area contributed by atoms with Gasteiger partial charge in [-0.05, 0) is 42.3 Å². The Hall–Kier alpha value is -2.89. The Morgan fingerprint density at radius 1 is 1.06 bits per heavy atom.